The van der Waals surface area contributed by atoms with Crippen LogP contribution in [-0.4, -0.2) is 24.5 Å². The molecule has 0 spiro atoms. The fourth-order valence-corrected chi connectivity index (χ4v) is 3.47. The summed E-state index contributed by atoms with van der Waals surface area (Å²) in [5.74, 6) is 0.479. The van der Waals surface area contributed by atoms with Gasteiger partial charge in [-0.05, 0) is 38.1 Å². The highest BCUT2D eigenvalue weighted by atomic mass is 32.1. The topological polar surface area (TPSA) is 54.5 Å². The second-order valence-corrected chi connectivity index (χ2v) is 6.67. The van der Waals surface area contributed by atoms with Gasteiger partial charge in [-0.1, -0.05) is 41.7 Å². The van der Waals surface area contributed by atoms with E-state index in [-0.39, 0.29) is 5.91 Å². The van der Waals surface area contributed by atoms with E-state index >= 15 is 0 Å². The third-order valence-electron chi connectivity index (χ3n) is 3.86. The second-order valence-electron chi connectivity index (χ2n) is 5.69. The van der Waals surface area contributed by atoms with Crippen molar-refractivity contribution in [1.29, 1.82) is 0 Å². The number of thiazole rings is 1. The third kappa shape index (κ3) is 3.86. The van der Waals surface area contributed by atoms with Gasteiger partial charge in [0.05, 0.1) is 18.0 Å². The molecule has 26 heavy (non-hydrogen) atoms. The van der Waals surface area contributed by atoms with E-state index in [2.05, 4.69) is 10.3 Å². The maximum Gasteiger partial charge on any atom is 0.267 e. The summed E-state index contributed by atoms with van der Waals surface area (Å²) in [6.07, 6.45) is 0. The molecule has 3 rings (SSSR count). The number of carbonyl (C=O) groups excluding carboxylic acids is 1. The quantitative estimate of drug-likeness (QED) is 0.675. The average molecular weight is 367 g/mol. The molecule has 1 N–H and O–H groups in total. The number of benzene rings is 2. The molecule has 0 atom stereocenters. The molecule has 0 aliphatic carbocycles. The number of aryl methyl sites for hydroxylation is 1. The van der Waals surface area contributed by atoms with Crippen LogP contribution in [-0.2, 0) is 0 Å². The number of aromatic nitrogens is 1. The largest absolute Gasteiger partial charge is 0.492 e. The van der Waals surface area contributed by atoms with Crippen LogP contribution >= 0.6 is 11.3 Å². The van der Waals surface area contributed by atoms with Gasteiger partial charge in [-0.2, -0.15) is 0 Å². The van der Waals surface area contributed by atoms with Crippen molar-refractivity contribution in [3.63, 3.8) is 0 Å². The minimum atomic E-state index is -0.181. The molecule has 1 heterocycles. The van der Waals surface area contributed by atoms with Gasteiger partial charge < -0.3 is 15.0 Å². The predicted molar refractivity (Wildman–Crippen MR) is 107 cm³/mol. The number of carbonyl (C=O) groups is 1. The number of hydrogen-bond acceptors (Lipinski definition) is 5. The zero-order chi connectivity index (χ0) is 18.5. The molecule has 6 heteroatoms. The van der Waals surface area contributed by atoms with Crippen LogP contribution in [0.3, 0.4) is 0 Å². The van der Waals surface area contributed by atoms with Crippen LogP contribution in [0.2, 0.25) is 0 Å². The Morgan fingerprint density at radius 2 is 1.85 bits per heavy atom. The van der Waals surface area contributed by atoms with Crippen molar-refractivity contribution in [2.45, 2.75) is 13.8 Å². The predicted octanol–water partition coefficient (Wildman–Crippen LogP) is 4.87. The van der Waals surface area contributed by atoms with Gasteiger partial charge in [0.15, 0.2) is 5.13 Å². The van der Waals surface area contributed by atoms with Crippen LogP contribution in [0.15, 0.2) is 54.6 Å². The number of nitrogens with zero attached hydrogens (tertiary/aromatic N) is 2. The highest BCUT2D eigenvalue weighted by Gasteiger charge is 2.19. The maximum absolute atomic E-state index is 12.7. The van der Waals surface area contributed by atoms with Crippen molar-refractivity contribution in [2.24, 2.45) is 0 Å². The molecule has 2 aromatic carbocycles. The van der Waals surface area contributed by atoms with Crippen molar-refractivity contribution >= 4 is 33.8 Å². The Morgan fingerprint density at radius 1 is 1.15 bits per heavy atom. The molecule has 1 amide bonds. The van der Waals surface area contributed by atoms with Gasteiger partial charge in [0, 0.05) is 12.7 Å². The lowest BCUT2D eigenvalue weighted by Crippen LogP contribution is -2.12. The third-order valence-corrected chi connectivity index (χ3v) is 5.09. The Labute approximate surface area is 157 Å². The molecular weight excluding hydrogens is 346 g/mol. The molecule has 0 saturated carbocycles. The molecule has 0 unspecified atom stereocenters. The molecule has 0 fully saturated rings. The van der Waals surface area contributed by atoms with Crippen LogP contribution in [0.25, 0.3) is 0 Å². The van der Waals surface area contributed by atoms with Crippen LogP contribution in [0.5, 0.6) is 5.75 Å². The van der Waals surface area contributed by atoms with Gasteiger partial charge in [-0.3, -0.25) is 4.79 Å². The van der Waals surface area contributed by atoms with Crippen molar-refractivity contribution in [3.05, 3.63) is 65.2 Å². The molecule has 0 radical (unpaired) electrons. The first-order valence-electron chi connectivity index (χ1n) is 8.39. The van der Waals surface area contributed by atoms with E-state index < -0.39 is 0 Å². The molecule has 3 aromatic rings. The fraction of sp³-hybridized carbons (Fsp3) is 0.200. The Kier molecular flexibility index (Phi) is 5.53. The molecule has 1 aromatic heterocycles. The summed E-state index contributed by atoms with van der Waals surface area (Å²) in [5, 5.41) is 3.71. The first-order valence-corrected chi connectivity index (χ1v) is 9.21. The lowest BCUT2D eigenvalue weighted by atomic mass is 10.2. The first-order chi connectivity index (χ1) is 12.6. The van der Waals surface area contributed by atoms with Gasteiger partial charge in [0.1, 0.15) is 10.6 Å². The monoisotopic (exact) mass is 367 g/mol. The van der Waals surface area contributed by atoms with Gasteiger partial charge in [-0.15, -0.1) is 0 Å². The lowest BCUT2D eigenvalue weighted by Gasteiger charge is -2.15. The van der Waals surface area contributed by atoms with E-state index in [4.69, 9.17) is 4.74 Å². The lowest BCUT2D eigenvalue weighted by molar-refractivity contribution is 0.102. The highest BCUT2D eigenvalue weighted by Crippen LogP contribution is 2.31. The molecule has 0 aliphatic rings. The summed E-state index contributed by atoms with van der Waals surface area (Å²) in [6.45, 7) is 4.30. The van der Waals surface area contributed by atoms with Crippen molar-refractivity contribution in [1.82, 2.24) is 4.98 Å². The Balaban J connectivity index is 1.82. The molecule has 0 saturated heterocycles. The van der Waals surface area contributed by atoms with E-state index in [1.54, 1.807) is 0 Å². The van der Waals surface area contributed by atoms with E-state index in [0.717, 1.165) is 10.8 Å². The molecule has 0 bridgehead atoms. The minimum Gasteiger partial charge on any atom is -0.492 e. The number of hydrogen-bond donors (Lipinski definition) is 1. The van der Waals surface area contributed by atoms with E-state index in [1.807, 2.05) is 80.4 Å². The van der Waals surface area contributed by atoms with E-state index in [9.17, 15) is 4.79 Å². The van der Waals surface area contributed by atoms with Gasteiger partial charge in [0.25, 0.3) is 5.91 Å². The molecular formula is C20H21N3O2S. The maximum atomic E-state index is 12.7. The number of para-hydroxylation sites is 3. The SMILES string of the molecule is CCOc1ccccc1NC(=O)c1sc(N(C)c2ccccc2)nc1C. The Hall–Kier alpha value is -2.86. The van der Waals surface area contributed by atoms with E-state index in [0.29, 0.717) is 28.6 Å². The normalized spacial score (nSPS) is 10.4. The summed E-state index contributed by atoms with van der Waals surface area (Å²) in [6, 6.07) is 17.4. The second kappa shape index (κ2) is 8.01. The number of amides is 1. The van der Waals surface area contributed by atoms with Gasteiger partial charge in [-0.25, -0.2) is 4.98 Å². The summed E-state index contributed by atoms with van der Waals surface area (Å²) in [7, 11) is 1.94. The zero-order valence-electron chi connectivity index (χ0n) is 15.0. The summed E-state index contributed by atoms with van der Waals surface area (Å²) in [5.41, 5.74) is 2.39. The van der Waals surface area contributed by atoms with Crippen LogP contribution in [0, 0.1) is 6.92 Å². The van der Waals surface area contributed by atoms with Gasteiger partial charge in [0.2, 0.25) is 0 Å². The number of ether oxygens (including phenoxy) is 1. The number of anilines is 3. The minimum absolute atomic E-state index is 0.181. The van der Waals surface area contributed by atoms with Crippen LogP contribution < -0.4 is 15.0 Å². The van der Waals surface area contributed by atoms with Crippen molar-refractivity contribution < 1.29 is 9.53 Å². The van der Waals surface area contributed by atoms with Gasteiger partial charge >= 0.3 is 0 Å². The highest BCUT2D eigenvalue weighted by molar-refractivity contribution is 7.17. The standard InChI is InChI=1S/C20H21N3O2S/c1-4-25-17-13-9-8-12-16(17)22-19(24)18-14(2)21-20(26-18)23(3)15-10-6-5-7-11-15/h5-13H,4H2,1-3H3,(H,22,24). The fourth-order valence-electron chi connectivity index (χ4n) is 2.53. The summed E-state index contributed by atoms with van der Waals surface area (Å²) >= 11 is 1.37. The Bertz CT molecular complexity index is 893. The first kappa shape index (κ1) is 17.9. The summed E-state index contributed by atoms with van der Waals surface area (Å²) < 4.78 is 5.57. The summed E-state index contributed by atoms with van der Waals surface area (Å²) in [4.78, 5) is 19.9. The number of nitrogens with one attached hydrogen (secondary N) is 1. The van der Waals surface area contributed by atoms with Crippen molar-refractivity contribution in [3.8, 4) is 5.75 Å². The van der Waals surface area contributed by atoms with Crippen LogP contribution in [0.1, 0.15) is 22.3 Å². The molecule has 134 valence electrons. The number of rotatable bonds is 6. The van der Waals surface area contributed by atoms with E-state index in [1.165, 1.54) is 11.3 Å². The molecule has 5 nitrogen and oxygen atoms in total. The average Bonchev–Trinajstić information content (AvgIpc) is 3.05. The smallest absolute Gasteiger partial charge is 0.267 e. The van der Waals surface area contributed by atoms with Crippen LogP contribution in [0.4, 0.5) is 16.5 Å². The zero-order valence-corrected chi connectivity index (χ0v) is 15.8. The molecule has 0 aliphatic heterocycles. The Morgan fingerprint density at radius 3 is 2.58 bits per heavy atom. The van der Waals surface area contributed by atoms with Crippen molar-refractivity contribution in [2.75, 3.05) is 23.9 Å².